The Morgan fingerprint density at radius 3 is 2.61 bits per heavy atom. The second kappa shape index (κ2) is 9.06. The highest BCUT2D eigenvalue weighted by molar-refractivity contribution is 7.99. The molecule has 0 atom stereocenters. The number of thioether (sulfide) groups is 1. The third-order valence-electron chi connectivity index (χ3n) is 4.39. The smallest absolute Gasteiger partial charge is 0.230 e. The van der Waals surface area contributed by atoms with Gasteiger partial charge in [0.2, 0.25) is 11.8 Å². The summed E-state index contributed by atoms with van der Waals surface area (Å²) in [7, 11) is 0. The van der Waals surface area contributed by atoms with Crippen molar-refractivity contribution in [2.45, 2.75) is 25.0 Å². The fraction of sp³-hybridized carbons (Fsp3) is 0.273. The van der Waals surface area contributed by atoms with Crippen LogP contribution < -0.4 is 5.32 Å². The maximum atomic E-state index is 14.0. The lowest BCUT2D eigenvalue weighted by molar-refractivity contribution is -0.118. The normalized spacial score (nSPS) is 11.4. The highest BCUT2D eigenvalue weighted by Gasteiger charge is 2.24. The Morgan fingerprint density at radius 2 is 1.86 bits per heavy atom. The maximum Gasteiger partial charge on any atom is 0.230 e. The minimum Gasteiger partial charge on any atom is -0.444 e. The van der Waals surface area contributed by atoms with Crippen LogP contribution in [-0.4, -0.2) is 23.2 Å². The molecule has 0 fully saturated rings. The average molecular weight is 399 g/mol. The number of amides is 1. The summed E-state index contributed by atoms with van der Waals surface area (Å²) in [4.78, 5) is 16.6. The molecule has 0 radical (unpaired) electrons. The second-order valence-electron chi connectivity index (χ2n) is 7.14. The van der Waals surface area contributed by atoms with Crippen LogP contribution in [0, 0.1) is 5.82 Å². The molecule has 1 N–H and O–H groups in total. The first-order chi connectivity index (χ1) is 13.5. The standard InChI is InChI=1S/C22H23FN2O2S/c1-22(2,18-10-6-7-11-19(18)23)15-24-20(26)14-28-13-17-12-27-21(25-17)16-8-4-3-5-9-16/h3-12H,13-15H2,1-2H3,(H,24,26). The number of hydrogen-bond donors (Lipinski definition) is 1. The monoisotopic (exact) mass is 398 g/mol. The Kier molecular flexibility index (Phi) is 6.52. The number of halogens is 1. The summed E-state index contributed by atoms with van der Waals surface area (Å²) in [5.74, 6) is 1.13. The predicted molar refractivity (Wildman–Crippen MR) is 111 cm³/mol. The van der Waals surface area contributed by atoms with E-state index >= 15 is 0 Å². The van der Waals surface area contributed by atoms with E-state index < -0.39 is 5.41 Å². The molecule has 3 aromatic rings. The minimum absolute atomic E-state index is 0.0822. The molecule has 1 aromatic heterocycles. The van der Waals surface area contributed by atoms with Gasteiger partial charge in [-0.1, -0.05) is 50.2 Å². The van der Waals surface area contributed by atoms with Crippen molar-refractivity contribution in [3.63, 3.8) is 0 Å². The van der Waals surface area contributed by atoms with E-state index in [2.05, 4.69) is 10.3 Å². The van der Waals surface area contributed by atoms with Crippen LogP contribution in [-0.2, 0) is 16.0 Å². The Bertz CT molecular complexity index is 925. The van der Waals surface area contributed by atoms with Gasteiger partial charge in [0, 0.05) is 23.3 Å². The van der Waals surface area contributed by atoms with E-state index in [9.17, 15) is 9.18 Å². The highest BCUT2D eigenvalue weighted by Crippen LogP contribution is 2.25. The number of oxazole rings is 1. The summed E-state index contributed by atoms with van der Waals surface area (Å²) in [6.07, 6.45) is 1.62. The molecule has 4 nitrogen and oxygen atoms in total. The minimum atomic E-state index is -0.484. The van der Waals surface area contributed by atoms with Crippen LogP contribution in [0.25, 0.3) is 11.5 Å². The van der Waals surface area contributed by atoms with Gasteiger partial charge in [0.05, 0.1) is 11.4 Å². The van der Waals surface area contributed by atoms with Crippen molar-refractivity contribution < 1.29 is 13.6 Å². The zero-order valence-corrected chi connectivity index (χ0v) is 16.8. The van der Waals surface area contributed by atoms with Gasteiger partial charge < -0.3 is 9.73 Å². The molecule has 0 saturated heterocycles. The molecule has 6 heteroatoms. The third kappa shape index (κ3) is 5.23. The molecule has 3 rings (SSSR count). The van der Waals surface area contributed by atoms with Crippen molar-refractivity contribution in [1.29, 1.82) is 0 Å². The predicted octanol–water partition coefficient (Wildman–Crippen LogP) is 4.81. The number of benzene rings is 2. The fourth-order valence-corrected chi connectivity index (χ4v) is 3.54. The molecule has 1 heterocycles. The van der Waals surface area contributed by atoms with Crippen molar-refractivity contribution in [2.24, 2.45) is 0 Å². The lowest BCUT2D eigenvalue weighted by atomic mass is 9.84. The molecule has 28 heavy (non-hydrogen) atoms. The molecule has 0 aliphatic rings. The maximum absolute atomic E-state index is 14.0. The first-order valence-corrected chi connectivity index (χ1v) is 10.2. The van der Waals surface area contributed by atoms with Crippen molar-refractivity contribution >= 4 is 17.7 Å². The molecule has 0 spiro atoms. The van der Waals surface area contributed by atoms with Crippen LogP contribution in [0.4, 0.5) is 4.39 Å². The zero-order valence-electron chi connectivity index (χ0n) is 15.9. The summed E-state index contributed by atoms with van der Waals surface area (Å²) in [6.45, 7) is 4.20. The van der Waals surface area contributed by atoms with E-state index in [-0.39, 0.29) is 11.7 Å². The molecular formula is C22H23FN2O2S. The van der Waals surface area contributed by atoms with Crippen molar-refractivity contribution in [2.75, 3.05) is 12.3 Å². The summed E-state index contributed by atoms with van der Waals surface area (Å²) >= 11 is 1.46. The molecule has 2 aromatic carbocycles. The van der Waals surface area contributed by atoms with Gasteiger partial charge in [0.15, 0.2) is 0 Å². The molecule has 0 aliphatic heterocycles. The van der Waals surface area contributed by atoms with Crippen LogP contribution in [0.3, 0.4) is 0 Å². The van der Waals surface area contributed by atoms with Gasteiger partial charge >= 0.3 is 0 Å². The number of hydrogen-bond acceptors (Lipinski definition) is 4. The zero-order chi connectivity index (χ0) is 20.0. The molecule has 0 aliphatic carbocycles. The van der Waals surface area contributed by atoms with Crippen LogP contribution in [0.1, 0.15) is 25.1 Å². The lowest BCUT2D eigenvalue weighted by Crippen LogP contribution is -2.38. The van der Waals surface area contributed by atoms with Gasteiger partial charge in [-0.3, -0.25) is 4.79 Å². The number of nitrogens with zero attached hydrogens (tertiary/aromatic N) is 1. The van der Waals surface area contributed by atoms with E-state index in [1.54, 1.807) is 24.5 Å². The Morgan fingerprint density at radius 1 is 1.14 bits per heavy atom. The van der Waals surface area contributed by atoms with E-state index in [4.69, 9.17) is 4.42 Å². The van der Waals surface area contributed by atoms with Crippen LogP contribution in [0.2, 0.25) is 0 Å². The number of aromatic nitrogens is 1. The largest absolute Gasteiger partial charge is 0.444 e. The van der Waals surface area contributed by atoms with Crippen LogP contribution in [0.5, 0.6) is 0 Å². The number of carbonyl (C=O) groups is 1. The summed E-state index contributed by atoms with van der Waals surface area (Å²) < 4.78 is 19.5. The van der Waals surface area contributed by atoms with E-state index in [0.717, 1.165) is 11.3 Å². The Hall–Kier alpha value is -2.60. The highest BCUT2D eigenvalue weighted by atomic mass is 32.2. The SMILES string of the molecule is CC(C)(CNC(=O)CSCc1coc(-c2ccccc2)n1)c1ccccc1F. The summed E-state index contributed by atoms with van der Waals surface area (Å²) in [6, 6.07) is 16.3. The van der Waals surface area contributed by atoms with Crippen molar-refractivity contribution in [3.05, 3.63) is 77.9 Å². The average Bonchev–Trinajstić information content (AvgIpc) is 3.16. The van der Waals surface area contributed by atoms with E-state index in [1.807, 2.05) is 44.2 Å². The van der Waals surface area contributed by atoms with Gasteiger partial charge in [-0.05, 0) is 23.8 Å². The van der Waals surface area contributed by atoms with Crippen LogP contribution in [0.15, 0.2) is 65.3 Å². The molecule has 0 bridgehead atoms. The van der Waals surface area contributed by atoms with Crippen LogP contribution >= 0.6 is 11.8 Å². The summed E-state index contributed by atoms with van der Waals surface area (Å²) in [5.41, 5.74) is 1.83. The van der Waals surface area contributed by atoms with Gasteiger partial charge in [-0.25, -0.2) is 9.37 Å². The first kappa shape index (κ1) is 20.1. The van der Waals surface area contributed by atoms with Gasteiger partial charge in [-0.2, -0.15) is 0 Å². The Labute approximate surface area is 168 Å². The van der Waals surface area contributed by atoms with Gasteiger partial charge in [0.1, 0.15) is 12.1 Å². The summed E-state index contributed by atoms with van der Waals surface area (Å²) in [5, 5.41) is 2.90. The fourth-order valence-electron chi connectivity index (χ4n) is 2.81. The Balaban J connectivity index is 1.45. The topological polar surface area (TPSA) is 55.1 Å². The molecule has 0 saturated carbocycles. The molecular weight excluding hydrogens is 375 g/mol. The molecule has 1 amide bonds. The number of carbonyl (C=O) groups excluding carboxylic acids is 1. The quantitative estimate of drug-likeness (QED) is 0.592. The first-order valence-electron chi connectivity index (χ1n) is 9.05. The lowest BCUT2D eigenvalue weighted by Gasteiger charge is -2.26. The number of rotatable bonds is 8. The third-order valence-corrected chi connectivity index (χ3v) is 5.35. The van der Waals surface area contributed by atoms with Gasteiger partial charge in [0.25, 0.3) is 0 Å². The van der Waals surface area contributed by atoms with E-state index in [1.165, 1.54) is 17.8 Å². The molecule has 146 valence electrons. The van der Waals surface area contributed by atoms with Crippen molar-refractivity contribution in [3.8, 4) is 11.5 Å². The second-order valence-corrected chi connectivity index (χ2v) is 8.13. The van der Waals surface area contributed by atoms with Crippen molar-refractivity contribution in [1.82, 2.24) is 10.3 Å². The van der Waals surface area contributed by atoms with E-state index in [0.29, 0.717) is 29.5 Å². The molecule has 0 unspecified atom stereocenters. The van der Waals surface area contributed by atoms with Gasteiger partial charge in [-0.15, -0.1) is 11.8 Å². The number of nitrogens with one attached hydrogen (secondary N) is 1.